The van der Waals surface area contributed by atoms with Gasteiger partial charge in [0.2, 0.25) is 5.91 Å². The van der Waals surface area contributed by atoms with Crippen molar-refractivity contribution in [2.24, 2.45) is 0 Å². The van der Waals surface area contributed by atoms with Gasteiger partial charge in [-0.15, -0.1) is 0 Å². The van der Waals surface area contributed by atoms with Gasteiger partial charge in [-0.25, -0.2) is 9.59 Å². The zero-order valence-electron chi connectivity index (χ0n) is 28.4. The summed E-state index contributed by atoms with van der Waals surface area (Å²) in [5.74, 6) is -2.41. The molecular formula is C31H50N4O13. The first kappa shape index (κ1) is 42.1. The van der Waals surface area contributed by atoms with Gasteiger partial charge in [-0.1, -0.05) is 0 Å². The largest absolute Gasteiger partial charge is 0.464 e. The van der Waals surface area contributed by atoms with E-state index in [1.165, 1.54) is 19.1 Å². The Balaban J connectivity index is 2.04. The van der Waals surface area contributed by atoms with E-state index in [2.05, 4.69) is 10.6 Å². The molecule has 0 radical (unpaired) electrons. The number of amides is 4. The Morgan fingerprint density at radius 3 is 1.92 bits per heavy atom. The highest BCUT2D eigenvalue weighted by Gasteiger charge is 2.22. The summed E-state index contributed by atoms with van der Waals surface area (Å²) >= 11 is 0. The van der Waals surface area contributed by atoms with E-state index in [9.17, 15) is 33.6 Å². The second-order valence-corrected chi connectivity index (χ2v) is 11.5. The molecule has 0 spiro atoms. The van der Waals surface area contributed by atoms with Gasteiger partial charge < -0.3 is 39.1 Å². The van der Waals surface area contributed by atoms with Crippen molar-refractivity contribution < 1.29 is 62.0 Å². The molecule has 1 aliphatic rings. The molecule has 1 heterocycles. The first-order chi connectivity index (χ1) is 22.8. The zero-order chi connectivity index (χ0) is 35.8. The Kier molecular flexibility index (Phi) is 21.3. The number of rotatable bonds is 26. The van der Waals surface area contributed by atoms with E-state index < -0.39 is 36.1 Å². The third-order valence-electron chi connectivity index (χ3n) is 6.01. The fourth-order valence-corrected chi connectivity index (χ4v) is 3.87. The van der Waals surface area contributed by atoms with Crippen molar-refractivity contribution in [1.29, 1.82) is 0 Å². The standard InChI is InChI=1S/C31H50N4O13/c1-24(36)21-34(13-17-46-28(40)7-5-6-12-35-26(38)8-9-27(35)39)14-18-47-29(41)23-45-22-25(37)32-10-15-43-19-20-44-16-11-33-30(42)48-31(2,3)4/h8-9H,5-7,10-23H2,1-4H3,(H,32,37)(H,33,42). The summed E-state index contributed by atoms with van der Waals surface area (Å²) in [5, 5.41) is 5.16. The smallest absolute Gasteiger partial charge is 0.407 e. The first-order valence-electron chi connectivity index (χ1n) is 15.8. The van der Waals surface area contributed by atoms with Crippen LogP contribution < -0.4 is 10.6 Å². The molecule has 17 heteroatoms. The quantitative estimate of drug-likeness (QED) is 0.0521. The molecule has 4 amide bonds. The maximum absolute atomic E-state index is 12.0. The number of nitrogens with zero attached hydrogens (tertiary/aromatic N) is 2. The van der Waals surface area contributed by atoms with E-state index in [0.717, 1.165) is 4.90 Å². The van der Waals surface area contributed by atoms with Crippen LogP contribution in [0.3, 0.4) is 0 Å². The van der Waals surface area contributed by atoms with Crippen LogP contribution in [0, 0.1) is 0 Å². The number of imide groups is 1. The number of carbonyl (C=O) groups excluding carboxylic acids is 7. The Morgan fingerprint density at radius 2 is 1.33 bits per heavy atom. The number of ether oxygens (including phenoxy) is 6. The van der Waals surface area contributed by atoms with Crippen LogP contribution in [0.2, 0.25) is 0 Å². The van der Waals surface area contributed by atoms with Gasteiger partial charge in [-0.2, -0.15) is 0 Å². The van der Waals surface area contributed by atoms with E-state index >= 15 is 0 Å². The molecule has 1 aliphatic heterocycles. The maximum atomic E-state index is 12.0. The van der Waals surface area contributed by atoms with Gasteiger partial charge in [0.15, 0.2) is 0 Å². The highest BCUT2D eigenvalue weighted by atomic mass is 16.6. The van der Waals surface area contributed by atoms with E-state index in [4.69, 9.17) is 28.4 Å². The van der Waals surface area contributed by atoms with Gasteiger partial charge >= 0.3 is 18.0 Å². The molecule has 17 nitrogen and oxygen atoms in total. The molecule has 1 rings (SSSR count). The summed E-state index contributed by atoms with van der Waals surface area (Å²) < 4.78 is 31.2. The predicted molar refractivity (Wildman–Crippen MR) is 168 cm³/mol. The molecule has 0 aromatic carbocycles. The van der Waals surface area contributed by atoms with Crippen molar-refractivity contribution in [3.63, 3.8) is 0 Å². The minimum atomic E-state index is -0.685. The van der Waals surface area contributed by atoms with Crippen molar-refractivity contribution in [1.82, 2.24) is 20.4 Å². The number of esters is 2. The zero-order valence-corrected chi connectivity index (χ0v) is 28.4. The molecule has 0 unspecified atom stereocenters. The minimum absolute atomic E-state index is 0.0270. The average Bonchev–Trinajstić information content (AvgIpc) is 3.31. The van der Waals surface area contributed by atoms with Crippen LogP contribution in [0.1, 0.15) is 47.0 Å². The Bertz CT molecular complexity index is 1070. The average molecular weight is 687 g/mol. The van der Waals surface area contributed by atoms with Crippen LogP contribution >= 0.6 is 0 Å². The van der Waals surface area contributed by atoms with Gasteiger partial charge in [-0.05, 0) is 40.5 Å². The molecule has 48 heavy (non-hydrogen) atoms. The molecule has 0 aromatic rings. The number of unbranched alkanes of at least 4 members (excludes halogenated alkanes) is 1. The number of ketones is 1. The molecule has 272 valence electrons. The fraction of sp³-hybridized carbons (Fsp3) is 0.710. The Morgan fingerprint density at radius 1 is 0.750 bits per heavy atom. The summed E-state index contributed by atoms with van der Waals surface area (Å²) in [6.45, 7) is 8.36. The van der Waals surface area contributed by atoms with Gasteiger partial charge in [0.25, 0.3) is 11.8 Å². The van der Waals surface area contributed by atoms with Crippen LogP contribution in [0.5, 0.6) is 0 Å². The number of carbonyl (C=O) groups is 7. The van der Waals surface area contributed by atoms with Gasteiger partial charge in [0, 0.05) is 51.3 Å². The molecular weight excluding hydrogens is 636 g/mol. The second-order valence-electron chi connectivity index (χ2n) is 11.5. The molecule has 0 aliphatic carbocycles. The predicted octanol–water partition coefficient (Wildman–Crippen LogP) is -0.250. The van der Waals surface area contributed by atoms with Crippen LogP contribution in [0.4, 0.5) is 4.79 Å². The lowest BCUT2D eigenvalue weighted by Crippen LogP contribution is -2.36. The van der Waals surface area contributed by atoms with Gasteiger partial charge in [-0.3, -0.25) is 33.8 Å². The van der Waals surface area contributed by atoms with Crippen molar-refractivity contribution >= 4 is 41.5 Å². The lowest BCUT2D eigenvalue weighted by Gasteiger charge is -2.20. The SMILES string of the molecule is CC(=O)CN(CCOC(=O)CCCCN1C(=O)C=CC1=O)CCOC(=O)COCC(=O)NCCOCCOCCNC(=O)OC(C)(C)C. The Labute approximate surface area is 280 Å². The monoisotopic (exact) mass is 686 g/mol. The third-order valence-corrected chi connectivity index (χ3v) is 6.01. The summed E-state index contributed by atoms with van der Waals surface area (Å²) in [4.78, 5) is 84.8. The third kappa shape index (κ3) is 22.6. The maximum Gasteiger partial charge on any atom is 0.407 e. The molecule has 0 aromatic heterocycles. The number of Topliss-reactive ketones (excluding diaryl/α,β-unsaturated/α-hetero) is 1. The van der Waals surface area contributed by atoms with Crippen LogP contribution in [-0.4, -0.2) is 149 Å². The Hall–Kier alpha value is -3.93. The molecule has 0 atom stereocenters. The number of hydrogen-bond acceptors (Lipinski definition) is 14. The highest BCUT2D eigenvalue weighted by molar-refractivity contribution is 6.12. The topological polar surface area (TPSA) is 205 Å². The number of nitrogens with one attached hydrogen (secondary N) is 2. The van der Waals surface area contributed by atoms with Gasteiger partial charge in [0.1, 0.15) is 37.8 Å². The van der Waals surface area contributed by atoms with Crippen molar-refractivity contribution in [3.05, 3.63) is 12.2 Å². The molecule has 0 saturated carbocycles. The normalized spacial score (nSPS) is 12.7. The van der Waals surface area contributed by atoms with Gasteiger partial charge in [0.05, 0.1) is 33.0 Å². The minimum Gasteiger partial charge on any atom is -0.464 e. The first-order valence-corrected chi connectivity index (χ1v) is 15.8. The molecule has 0 fully saturated rings. The van der Waals surface area contributed by atoms with Crippen molar-refractivity contribution in [2.75, 3.05) is 92.1 Å². The molecule has 0 saturated heterocycles. The van der Waals surface area contributed by atoms with E-state index in [1.54, 1.807) is 25.7 Å². The number of alkyl carbamates (subject to hydrolysis) is 1. The van der Waals surface area contributed by atoms with Crippen LogP contribution in [0.15, 0.2) is 12.2 Å². The van der Waals surface area contributed by atoms with E-state index in [-0.39, 0.29) is 83.2 Å². The summed E-state index contributed by atoms with van der Waals surface area (Å²) in [5.41, 5.74) is -0.566. The second kappa shape index (κ2) is 24.2. The van der Waals surface area contributed by atoms with E-state index in [0.29, 0.717) is 39.2 Å². The summed E-state index contributed by atoms with van der Waals surface area (Å²) in [6.07, 6.45) is 2.93. The van der Waals surface area contributed by atoms with Crippen LogP contribution in [-0.2, 0) is 57.2 Å². The van der Waals surface area contributed by atoms with Crippen molar-refractivity contribution in [2.45, 2.75) is 52.6 Å². The highest BCUT2D eigenvalue weighted by Crippen LogP contribution is 2.07. The lowest BCUT2D eigenvalue weighted by atomic mass is 10.2. The molecule has 0 bridgehead atoms. The van der Waals surface area contributed by atoms with Crippen molar-refractivity contribution in [3.8, 4) is 0 Å². The summed E-state index contributed by atoms with van der Waals surface area (Å²) in [6, 6.07) is 0. The van der Waals surface area contributed by atoms with Crippen LogP contribution in [0.25, 0.3) is 0 Å². The lowest BCUT2D eigenvalue weighted by molar-refractivity contribution is -0.150. The fourth-order valence-electron chi connectivity index (χ4n) is 3.87. The summed E-state index contributed by atoms with van der Waals surface area (Å²) in [7, 11) is 0. The number of hydrogen-bond donors (Lipinski definition) is 2. The van der Waals surface area contributed by atoms with E-state index in [1.807, 2.05) is 0 Å². The molecule has 2 N–H and O–H groups in total.